The van der Waals surface area contributed by atoms with Crippen LogP contribution in [0.25, 0.3) is 0 Å². The Morgan fingerprint density at radius 2 is 1.74 bits per heavy atom. The van der Waals surface area contributed by atoms with Crippen LogP contribution in [0.4, 0.5) is 0 Å². The number of ether oxygens (including phenoxy) is 2. The van der Waals surface area contributed by atoms with Crippen LogP contribution in [0.1, 0.15) is 110 Å². The smallest absolute Gasteiger partial charge is 0.311 e. The largest absolute Gasteiger partial charge is 0.459 e. The Morgan fingerprint density at radius 1 is 1.05 bits per heavy atom. The predicted octanol–water partition coefficient (Wildman–Crippen LogP) is 7.96. The van der Waals surface area contributed by atoms with Crippen LogP contribution in [-0.2, 0) is 25.2 Å². The maximum atomic E-state index is 12.8. The van der Waals surface area contributed by atoms with Crippen molar-refractivity contribution in [2.45, 2.75) is 136 Å². The zero-order valence-corrected chi connectivity index (χ0v) is 26.0. The summed E-state index contributed by atoms with van der Waals surface area (Å²) in [7, 11) is -2.04. The molecule has 2 saturated carbocycles. The highest BCUT2D eigenvalue weighted by molar-refractivity contribution is 6.74. The van der Waals surface area contributed by atoms with Gasteiger partial charge in [0.25, 0.3) is 0 Å². The molecule has 6 atom stereocenters. The molecule has 0 amide bonds. The fourth-order valence-corrected chi connectivity index (χ4v) is 8.56. The lowest BCUT2D eigenvalue weighted by Gasteiger charge is -2.50. The van der Waals surface area contributed by atoms with Crippen molar-refractivity contribution in [1.29, 1.82) is 0 Å². The minimum atomic E-state index is -2.04. The van der Waals surface area contributed by atoms with Gasteiger partial charge in [-0.1, -0.05) is 47.6 Å². The molecule has 0 spiro atoms. The molecule has 6 heteroatoms. The van der Waals surface area contributed by atoms with Crippen molar-refractivity contribution in [3.8, 4) is 5.75 Å². The van der Waals surface area contributed by atoms with Gasteiger partial charge in [-0.05, 0) is 104 Å². The Balaban J connectivity index is 1.60. The van der Waals surface area contributed by atoms with Crippen molar-refractivity contribution < 1.29 is 23.5 Å². The van der Waals surface area contributed by atoms with E-state index >= 15 is 0 Å². The van der Waals surface area contributed by atoms with Crippen LogP contribution < -0.4 is 4.74 Å². The molecule has 212 valence electrons. The molecule has 2 fully saturated rings. The van der Waals surface area contributed by atoms with E-state index in [0.717, 1.165) is 44.9 Å². The molecule has 0 saturated heterocycles. The number of hydrogen-bond acceptors (Lipinski definition) is 5. The van der Waals surface area contributed by atoms with E-state index in [4.69, 9.17) is 13.9 Å². The average molecular weight is 543 g/mol. The van der Waals surface area contributed by atoms with E-state index < -0.39 is 8.32 Å². The Hall–Kier alpha value is -1.66. The van der Waals surface area contributed by atoms with Gasteiger partial charge in [0.1, 0.15) is 11.9 Å². The van der Waals surface area contributed by atoms with E-state index in [9.17, 15) is 9.59 Å². The number of fused-ring (bicyclic) bond motifs is 5. The molecule has 0 radical (unpaired) electrons. The van der Waals surface area contributed by atoms with E-state index in [1.54, 1.807) is 0 Å². The molecule has 5 nitrogen and oxygen atoms in total. The van der Waals surface area contributed by atoms with E-state index in [-0.39, 0.29) is 34.6 Å². The van der Waals surface area contributed by atoms with Gasteiger partial charge in [0.05, 0.1) is 6.10 Å². The molecule has 0 N–H and O–H groups in total. The zero-order valence-electron chi connectivity index (χ0n) is 25.0. The molecule has 38 heavy (non-hydrogen) atoms. The molecule has 1 aromatic carbocycles. The highest BCUT2D eigenvalue weighted by atomic mass is 28.4. The standard InChI is InChI=1S/C32H50O5Si/c1-9-11-28(33)35-22-14-16-23-21(19-22)13-15-25-24(23)17-18-32(6)26(25)20-27(30(32)36-29(34)12-10-2)37-38(7,8)31(3,4)5/h14,16,19,24-27,30H,9-13,15,17-18,20H2,1-8H3/t24-,25-,26+,27-,30+,32+/m1/s1. The van der Waals surface area contributed by atoms with Gasteiger partial charge in [-0.3, -0.25) is 9.59 Å². The summed E-state index contributed by atoms with van der Waals surface area (Å²) in [4.78, 5) is 24.9. The van der Waals surface area contributed by atoms with E-state index in [2.05, 4.69) is 52.9 Å². The lowest BCUT2D eigenvalue weighted by molar-refractivity contribution is -0.163. The van der Waals surface area contributed by atoms with Gasteiger partial charge in [-0.25, -0.2) is 0 Å². The van der Waals surface area contributed by atoms with Crippen LogP contribution in [-0.4, -0.2) is 32.5 Å². The van der Waals surface area contributed by atoms with Gasteiger partial charge in [-0.2, -0.15) is 0 Å². The van der Waals surface area contributed by atoms with Crippen molar-refractivity contribution in [2.24, 2.45) is 17.3 Å². The van der Waals surface area contributed by atoms with Crippen LogP contribution in [0.3, 0.4) is 0 Å². The van der Waals surface area contributed by atoms with Gasteiger partial charge < -0.3 is 13.9 Å². The number of hydrogen-bond donors (Lipinski definition) is 0. The molecule has 0 aliphatic heterocycles. The number of benzene rings is 1. The molecule has 3 aliphatic carbocycles. The Bertz CT molecular complexity index is 1030. The van der Waals surface area contributed by atoms with E-state index in [1.165, 1.54) is 11.1 Å². The second-order valence-electron chi connectivity index (χ2n) is 13.9. The number of carbonyl (C=O) groups is 2. The molecule has 0 heterocycles. The summed E-state index contributed by atoms with van der Waals surface area (Å²) in [6.07, 6.45) is 7.51. The predicted molar refractivity (Wildman–Crippen MR) is 154 cm³/mol. The first-order chi connectivity index (χ1) is 17.8. The van der Waals surface area contributed by atoms with Crippen LogP contribution in [0.2, 0.25) is 18.1 Å². The number of aryl methyl sites for hydroxylation is 1. The lowest BCUT2D eigenvalue weighted by Crippen LogP contribution is -2.50. The third-order valence-electron chi connectivity index (χ3n) is 10.3. The summed E-state index contributed by atoms with van der Waals surface area (Å²) < 4.78 is 19.0. The molecule has 0 aromatic heterocycles. The normalized spacial score (nSPS) is 30.7. The SMILES string of the molecule is CCCC(=O)Oc1ccc2c(c1)CC[C@@H]1[C@@H]2CC[C@@]2(C)[C@H]1C[C@@H](O[Si](C)(C)C(C)(C)C)[C@@H]2OC(=O)CCC. The third kappa shape index (κ3) is 5.63. The van der Waals surface area contributed by atoms with Gasteiger partial charge in [0, 0.05) is 18.3 Å². The molecule has 1 aromatic rings. The van der Waals surface area contributed by atoms with Crippen LogP contribution in [0.5, 0.6) is 5.75 Å². The first-order valence-corrected chi connectivity index (χ1v) is 17.9. The third-order valence-corrected chi connectivity index (χ3v) is 14.8. The molecule has 3 aliphatic rings. The van der Waals surface area contributed by atoms with Crippen molar-refractivity contribution in [3.63, 3.8) is 0 Å². The summed E-state index contributed by atoms with van der Waals surface area (Å²) in [5, 5.41) is 0.101. The Labute approximate surface area is 231 Å². The molecular formula is C32H50O5Si. The number of rotatable bonds is 8. The fraction of sp³-hybridized carbons (Fsp3) is 0.750. The van der Waals surface area contributed by atoms with Gasteiger partial charge in [0.15, 0.2) is 8.32 Å². The monoisotopic (exact) mass is 542 g/mol. The minimum absolute atomic E-state index is 0.0350. The Kier molecular flexibility index (Phi) is 8.55. The molecule has 0 bridgehead atoms. The number of esters is 2. The minimum Gasteiger partial charge on any atom is -0.459 e. The summed E-state index contributed by atoms with van der Waals surface area (Å²) in [5.74, 6) is 1.95. The van der Waals surface area contributed by atoms with Crippen molar-refractivity contribution in [3.05, 3.63) is 29.3 Å². The van der Waals surface area contributed by atoms with Crippen molar-refractivity contribution in [1.82, 2.24) is 0 Å². The quantitative estimate of drug-likeness (QED) is 0.189. The zero-order chi connectivity index (χ0) is 27.9. The van der Waals surface area contributed by atoms with Crippen LogP contribution in [0.15, 0.2) is 18.2 Å². The maximum Gasteiger partial charge on any atom is 0.311 e. The summed E-state index contributed by atoms with van der Waals surface area (Å²) in [5.41, 5.74) is 2.69. The van der Waals surface area contributed by atoms with E-state index in [1.807, 2.05) is 19.9 Å². The van der Waals surface area contributed by atoms with Crippen molar-refractivity contribution in [2.75, 3.05) is 0 Å². The second-order valence-corrected chi connectivity index (χ2v) is 18.6. The van der Waals surface area contributed by atoms with Gasteiger partial charge in [-0.15, -0.1) is 0 Å². The van der Waals surface area contributed by atoms with Crippen LogP contribution >= 0.6 is 0 Å². The average Bonchev–Trinajstić information content (AvgIpc) is 3.09. The maximum absolute atomic E-state index is 12.8. The summed E-state index contributed by atoms with van der Waals surface area (Å²) in [6, 6.07) is 6.29. The van der Waals surface area contributed by atoms with Crippen LogP contribution in [0, 0.1) is 17.3 Å². The highest BCUT2D eigenvalue weighted by Crippen LogP contribution is 2.62. The molecule has 0 unspecified atom stereocenters. The first kappa shape index (κ1) is 29.3. The first-order valence-electron chi connectivity index (χ1n) is 15.0. The van der Waals surface area contributed by atoms with Gasteiger partial charge in [0.2, 0.25) is 0 Å². The summed E-state index contributed by atoms with van der Waals surface area (Å²) >= 11 is 0. The van der Waals surface area contributed by atoms with E-state index in [0.29, 0.717) is 36.3 Å². The summed E-state index contributed by atoms with van der Waals surface area (Å²) in [6.45, 7) is 17.9. The lowest BCUT2D eigenvalue weighted by atomic mass is 9.55. The topological polar surface area (TPSA) is 61.8 Å². The van der Waals surface area contributed by atoms with Gasteiger partial charge >= 0.3 is 11.9 Å². The molecule has 4 rings (SSSR count). The Morgan fingerprint density at radius 3 is 2.39 bits per heavy atom. The fourth-order valence-electron chi connectivity index (χ4n) is 7.23. The second kappa shape index (κ2) is 11.1. The molecular weight excluding hydrogens is 492 g/mol. The highest BCUT2D eigenvalue weighted by Gasteiger charge is 2.61. The van der Waals surface area contributed by atoms with Crippen molar-refractivity contribution >= 4 is 20.3 Å². The number of carbonyl (C=O) groups excluding carboxylic acids is 2.